The Morgan fingerprint density at radius 1 is 1.29 bits per heavy atom. The number of hydrogen-bond acceptors (Lipinski definition) is 4. The zero-order valence-corrected chi connectivity index (χ0v) is 9.14. The van der Waals surface area contributed by atoms with Crippen molar-refractivity contribution in [2.45, 2.75) is 0 Å². The highest BCUT2D eigenvalue weighted by atomic mass is 16.5. The van der Waals surface area contributed by atoms with Gasteiger partial charge in [0.1, 0.15) is 0 Å². The van der Waals surface area contributed by atoms with Crippen LogP contribution in [0.5, 0.6) is 0 Å². The summed E-state index contributed by atoms with van der Waals surface area (Å²) < 4.78 is 9.43. The van der Waals surface area contributed by atoms with Gasteiger partial charge in [-0.05, 0) is 24.3 Å². The molecule has 84 valence electrons. The molecule has 0 aliphatic rings. The van der Waals surface area contributed by atoms with Gasteiger partial charge in [-0.25, -0.2) is 4.79 Å². The Bertz CT molecular complexity index is 559. The molecule has 0 aliphatic heterocycles. The molecule has 17 heavy (non-hydrogen) atoms. The summed E-state index contributed by atoms with van der Waals surface area (Å²) in [6.45, 7) is 0. The van der Waals surface area contributed by atoms with Crippen LogP contribution in [0.2, 0.25) is 0 Å². The molecular formula is C13H9NO3. The van der Waals surface area contributed by atoms with Crippen LogP contribution in [0.1, 0.15) is 5.56 Å². The molecule has 1 aromatic heterocycles. The fourth-order valence-electron chi connectivity index (χ4n) is 1.26. The smallest absolute Gasteiger partial charge is 0.384 e. The number of hydrogen-bond donors (Lipinski definition) is 0. The van der Waals surface area contributed by atoms with Gasteiger partial charge in [-0.1, -0.05) is 11.1 Å². The molecule has 0 amide bonds. The van der Waals surface area contributed by atoms with E-state index in [4.69, 9.17) is 4.52 Å². The average molecular weight is 227 g/mol. The quantitative estimate of drug-likeness (QED) is 0.551. The van der Waals surface area contributed by atoms with Crippen molar-refractivity contribution in [3.05, 3.63) is 42.1 Å². The van der Waals surface area contributed by atoms with E-state index in [0.29, 0.717) is 5.76 Å². The molecule has 0 saturated heterocycles. The maximum absolute atomic E-state index is 10.8. The number of carbonyl (C=O) groups is 1. The molecule has 1 aromatic carbocycles. The number of carbonyl (C=O) groups excluding carboxylic acids is 1. The van der Waals surface area contributed by atoms with E-state index >= 15 is 0 Å². The van der Waals surface area contributed by atoms with Gasteiger partial charge < -0.3 is 9.26 Å². The Balaban J connectivity index is 2.18. The van der Waals surface area contributed by atoms with E-state index in [1.165, 1.54) is 7.11 Å². The molecule has 0 unspecified atom stereocenters. The fraction of sp³-hybridized carbons (Fsp3) is 0.0769. The molecule has 0 aliphatic carbocycles. The van der Waals surface area contributed by atoms with Gasteiger partial charge in [-0.15, -0.1) is 0 Å². The monoisotopic (exact) mass is 227 g/mol. The molecule has 4 heteroatoms. The van der Waals surface area contributed by atoms with Gasteiger partial charge in [0.25, 0.3) is 0 Å². The van der Waals surface area contributed by atoms with Crippen LogP contribution in [0, 0.1) is 11.8 Å². The molecule has 2 rings (SSSR count). The van der Waals surface area contributed by atoms with Crippen LogP contribution in [-0.4, -0.2) is 18.2 Å². The number of nitrogens with zero attached hydrogens (tertiary/aromatic N) is 1. The van der Waals surface area contributed by atoms with Crippen molar-refractivity contribution in [1.29, 1.82) is 0 Å². The lowest BCUT2D eigenvalue weighted by atomic mass is 10.1. The summed E-state index contributed by atoms with van der Waals surface area (Å²) in [5.74, 6) is 5.19. The van der Waals surface area contributed by atoms with Gasteiger partial charge in [0.15, 0.2) is 5.76 Å². The molecule has 0 atom stereocenters. The lowest BCUT2D eigenvalue weighted by molar-refractivity contribution is -0.133. The summed E-state index contributed by atoms with van der Waals surface area (Å²) in [6.07, 6.45) is 1.58. The summed E-state index contributed by atoms with van der Waals surface area (Å²) in [4.78, 5) is 10.8. The fourth-order valence-corrected chi connectivity index (χ4v) is 1.26. The number of aromatic nitrogens is 1. The molecule has 2 aromatic rings. The van der Waals surface area contributed by atoms with Gasteiger partial charge in [-0.2, -0.15) is 0 Å². The Labute approximate surface area is 98.2 Å². The first-order valence-corrected chi connectivity index (χ1v) is 4.90. The van der Waals surface area contributed by atoms with Crippen molar-refractivity contribution in [3.63, 3.8) is 0 Å². The molecule has 1 heterocycles. The van der Waals surface area contributed by atoms with Gasteiger partial charge in [-0.3, -0.25) is 0 Å². The van der Waals surface area contributed by atoms with Crippen molar-refractivity contribution < 1.29 is 14.1 Å². The van der Waals surface area contributed by atoms with Crippen LogP contribution < -0.4 is 0 Å². The maximum atomic E-state index is 10.8. The molecule has 0 saturated carbocycles. The van der Waals surface area contributed by atoms with Crippen LogP contribution in [0.15, 0.2) is 41.1 Å². The summed E-state index contributed by atoms with van der Waals surface area (Å²) in [5, 5.41) is 3.63. The second kappa shape index (κ2) is 4.99. The number of methoxy groups -OCH3 is 1. The van der Waals surface area contributed by atoms with E-state index in [2.05, 4.69) is 21.7 Å². The van der Waals surface area contributed by atoms with E-state index in [-0.39, 0.29) is 0 Å². The second-order valence-electron chi connectivity index (χ2n) is 3.20. The average Bonchev–Trinajstić information content (AvgIpc) is 2.90. The van der Waals surface area contributed by atoms with Crippen LogP contribution in [0.4, 0.5) is 0 Å². The minimum absolute atomic E-state index is 0.552. The normalized spacial score (nSPS) is 9.24. The summed E-state index contributed by atoms with van der Waals surface area (Å²) in [5.41, 5.74) is 1.64. The highest BCUT2D eigenvalue weighted by Gasteiger charge is 2.00. The first-order chi connectivity index (χ1) is 8.29. The molecule has 0 bridgehead atoms. The van der Waals surface area contributed by atoms with Crippen LogP contribution >= 0.6 is 0 Å². The summed E-state index contributed by atoms with van der Waals surface area (Å²) in [6, 6.07) is 9.07. The zero-order valence-electron chi connectivity index (χ0n) is 9.14. The summed E-state index contributed by atoms with van der Waals surface area (Å²) >= 11 is 0. The second-order valence-corrected chi connectivity index (χ2v) is 3.20. The van der Waals surface area contributed by atoms with Crippen LogP contribution in [-0.2, 0) is 9.53 Å². The topological polar surface area (TPSA) is 52.3 Å². The number of benzene rings is 1. The third-order valence-electron chi connectivity index (χ3n) is 2.10. The number of ether oxygens (including phenoxy) is 1. The lowest BCUT2D eigenvalue weighted by Crippen LogP contribution is -1.94. The SMILES string of the molecule is COC(=O)C#Cc1ccc(-c2ccno2)cc1. The molecule has 0 N–H and O–H groups in total. The Morgan fingerprint density at radius 2 is 2.06 bits per heavy atom. The third-order valence-corrected chi connectivity index (χ3v) is 2.10. The Kier molecular flexibility index (Phi) is 3.22. The van der Waals surface area contributed by atoms with Gasteiger partial charge in [0, 0.05) is 23.1 Å². The largest absolute Gasteiger partial charge is 0.459 e. The van der Waals surface area contributed by atoms with Crippen molar-refractivity contribution >= 4 is 5.97 Å². The first kappa shape index (κ1) is 11.0. The zero-order chi connectivity index (χ0) is 12.1. The predicted octanol–water partition coefficient (Wildman–Crippen LogP) is 1.87. The van der Waals surface area contributed by atoms with E-state index in [0.717, 1.165) is 11.1 Å². The molecule has 4 nitrogen and oxygen atoms in total. The standard InChI is InChI=1S/C13H9NO3/c1-16-13(15)7-4-10-2-5-11(6-3-10)12-8-9-14-17-12/h2-3,5-6,8-9H,1H3. The van der Waals surface area contributed by atoms with Crippen molar-refractivity contribution in [2.75, 3.05) is 7.11 Å². The first-order valence-electron chi connectivity index (χ1n) is 4.90. The Morgan fingerprint density at radius 3 is 2.65 bits per heavy atom. The maximum Gasteiger partial charge on any atom is 0.384 e. The molecular weight excluding hydrogens is 218 g/mol. The highest BCUT2D eigenvalue weighted by Crippen LogP contribution is 2.18. The summed E-state index contributed by atoms with van der Waals surface area (Å²) in [7, 11) is 1.30. The molecule has 0 radical (unpaired) electrons. The van der Waals surface area contributed by atoms with Gasteiger partial charge >= 0.3 is 5.97 Å². The van der Waals surface area contributed by atoms with E-state index in [1.54, 1.807) is 24.4 Å². The predicted molar refractivity (Wildman–Crippen MR) is 60.8 cm³/mol. The minimum atomic E-state index is -0.552. The number of esters is 1. The van der Waals surface area contributed by atoms with Gasteiger partial charge in [0.2, 0.25) is 0 Å². The van der Waals surface area contributed by atoms with Gasteiger partial charge in [0.05, 0.1) is 13.3 Å². The molecule has 0 fully saturated rings. The van der Waals surface area contributed by atoms with Crippen LogP contribution in [0.3, 0.4) is 0 Å². The minimum Gasteiger partial charge on any atom is -0.459 e. The van der Waals surface area contributed by atoms with E-state index < -0.39 is 5.97 Å². The Hall–Kier alpha value is -2.54. The van der Waals surface area contributed by atoms with Crippen molar-refractivity contribution in [1.82, 2.24) is 5.16 Å². The van der Waals surface area contributed by atoms with Crippen LogP contribution in [0.25, 0.3) is 11.3 Å². The molecule has 0 spiro atoms. The lowest BCUT2D eigenvalue weighted by Gasteiger charge is -1.95. The van der Waals surface area contributed by atoms with E-state index in [1.807, 2.05) is 12.1 Å². The van der Waals surface area contributed by atoms with E-state index in [9.17, 15) is 4.79 Å². The highest BCUT2D eigenvalue weighted by molar-refractivity contribution is 5.89. The van der Waals surface area contributed by atoms with Crippen molar-refractivity contribution in [2.24, 2.45) is 0 Å². The van der Waals surface area contributed by atoms with Crippen molar-refractivity contribution in [3.8, 4) is 23.2 Å². The number of rotatable bonds is 1. The third kappa shape index (κ3) is 2.73.